The molecule has 1 aromatic heterocycles. The van der Waals surface area contributed by atoms with E-state index in [0.29, 0.717) is 10.9 Å². The summed E-state index contributed by atoms with van der Waals surface area (Å²) in [6.07, 6.45) is 1.34. The van der Waals surface area contributed by atoms with Gasteiger partial charge < -0.3 is 4.74 Å². The van der Waals surface area contributed by atoms with Gasteiger partial charge in [-0.05, 0) is 29.3 Å². The SMILES string of the molecule is COC(=O)c1cn(S(=O)(=O)c2ccccc2)c2cccc(-c3ccccc3)c12. The molecule has 4 rings (SSSR count). The zero-order valence-corrected chi connectivity index (χ0v) is 15.9. The Labute approximate surface area is 162 Å². The number of methoxy groups -OCH3 is 1. The second kappa shape index (κ2) is 6.98. The van der Waals surface area contributed by atoms with E-state index in [2.05, 4.69) is 0 Å². The number of carbonyl (C=O) groups is 1. The van der Waals surface area contributed by atoms with Crippen molar-refractivity contribution in [1.82, 2.24) is 3.97 Å². The Morgan fingerprint density at radius 1 is 0.857 bits per heavy atom. The minimum Gasteiger partial charge on any atom is -0.465 e. The molecule has 0 aliphatic carbocycles. The Morgan fingerprint density at radius 2 is 1.50 bits per heavy atom. The van der Waals surface area contributed by atoms with E-state index in [4.69, 9.17) is 4.74 Å². The Kier molecular flexibility index (Phi) is 4.49. The van der Waals surface area contributed by atoms with Crippen LogP contribution in [0.4, 0.5) is 0 Å². The highest BCUT2D eigenvalue weighted by atomic mass is 32.2. The number of carbonyl (C=O) groups excluding carboxylic acids is 1. The van der Waals surface area contributed by atoms with Crippen LogP contribution in [0, 0.1) is 0 Å². The first-order valence-corrected chi connectivity index (χ1v) is 10.1. The summed E-state index contributed by atoms with van der Waals surface area (Å²) in [5.74, 6) is -0.588. The quantitative estimate of drug-likeness (QED) is 0.486. The number of nitrogens with zero attached hydrogens (tertiary/aromatic N) is 1. The molecule has 0 saturated carbocycles. The Hall–Kier alpha value is -3.38. The molecule has 0 unspecified atom stereocenters. The average Bonchev–Trinajstić information content (AvgIpc) is 3.15. The molecule has 3 aromatic carbocycles. The van der Waals surface area contributed by atoms with Gasteiger partial charge in [0.1, 0.15) is 0 Å². The third-order valence-corrected chi connectivity index (χ3v) is 6.27. The molecular formula is C22H17NO4S. The molecule has 4 aromatic rings. The summed E-state index contributed by atoms with van der Waals surface area (Å²) in [7, 11) is -2.60. The maximum atomic E-state index is 13.2. The lowest BCUT2D eigenvalue weighted by Gasteiger charge is -2.09. The highest BCUT2D eigenvalue weighted by Crippen LogP contribution is 2.34. The van der Waals surface area contributed by atoms with Gasteiger partial charge >= 0.3 is 5.97 Å². The third kappa shape index (κ3) is 2.88. The number of esters is 1. The lowest BCUT2D eigenvalue weighted by Crippen LogP contribution is -2.12. The van der Waals surface area contributed by atoms with E-state index in [9.17, 15) is 13.2 Å². The smallest absolute Gasteiger partial charge is 0.340 e. The zero-order chi connectivity index (χ0) is 19.7. The van der Waals surface area contributed by atoms with Crippen LogP contribution in [0.25, 0.3) is 22.0 Å². The number of ether oxygens (including phenoxy) is 1. The standard InChI is InChI=1S/C22H17NO4S/c1-27-22(24)19-15-23(28(25,26)17-11-6-3-7-12-17)20-14-8-13-18(21(19)20)16-9-4-2-5-10-16/h2-15H,1H3. The predicted molar refractivity (Wildman–Crippen MR) is 108 cm³/mol. The number of fused-ring (bicyclic) bond motifs is 1. The molecule has 0 spiro atoms. The van der Waals surface area contributed by atoms with Crippen molar-refractivity contribution in [2.45, 2.75) is 4.90 Å². The minimum atomic E-state index is -3.88. The van der Waals surface area contributed by atoms with Crippen molar-refractivity contribution >= 4 is 26.9 Å². The molecule has 0 fully saturated rings. The summed E-state index contributed by atoms with van der Waals surface area (Å²) in [5, 5.41) is 0.542. The molecule has 0 aliphatic rings. The normalized spacial score (nSPS) is 11.5. The first-order valence-electron chi connectivity index (χ1n) is 8.62. The molecule has 0 bridgehead atoms. The molecule has 0 atom stereocenters. The molecule has 0 N–H and O–H groups in total. The van der Waals surface area contributed by atoms with E-state index in [1.165, 1.54) is 25.4 Å². The van der Waals surface area contributed by atoms with E-state index < -0.39 is 16.0 Å². The van der Waals surface area contributed by atoms with E-state index in [-0.39, 0.29) is 10.5 Å². The molecule has 28 heavy (non-hydrogen) atoms. The Morgan fingerprint density at radius 3 is 2.14 bits per heavy atom. The molecule has 0 radical (unpaired) electrons. The highest BCUT2D eigenvalue weighted by molar-refractivity contribution is 7.90. The van der Waals surface area contributed by atoms with Crippen molar-refractivity contribution in [1.29, 1.82) is 0 Å². The second-order valence-corrected chi connectivity index (χ2v) is 8.03. The van der Waals surface area contributed by atoms with Crippen LogP contribution in [0.15, 0.2) is 90.0 Å². The molecular weight excluding hydrogens is 374 g/mol. The number of hydrogen-bond acceptors (Lipinski definition) is 4. The van der Waals surface area contributed by atoms with Crippen molar-refractivity contribution in [3.63, 3.8) is 0 Å². The van der Waals surface area contributed by atoms with Crippen LogP contribution >= 0.6 is 0 Å². The van der Waals surface area contributed by atoms with Gasteiger partial charge in [-0.1, -0.05) is 60.7 Å². The van der Waals surface area contributed by atoms with Gasteiger partial charge in [0, 0.05) is 11.6 Å². The average molecular weight is 391 g/mol. The molecule has 140 valence electrons. The number of hydrogen-bond donors (Lipinski definition) is 0. The van der Waals surface area contributed by atoms with Crippen LogP contribution in [0.3, 0.4) is 0 Å². The number of aromatic nitrogens is 1. The van der Waals surface area contributed by atoms with E-state index >= 15 is 0 Å². The summed E-state index contributed by atoms with van der Waals surface area (Å²) in [6, 6.07) is 23.0. The van der Waals surface area contributed by atoms with Gasteiger partial charge in [-0.3, -0.25) is 0 Å². The summed E-state index contributed by atoms with van der Waals surface area (Å²) in [5.41, 5.74) is 2.27. The van der Waals surface area contributed by atoms with E-state index in [1.54, 1.807) is 30.3 Å². The van der Waals surface area contributed by atoms with Gasteiger partial charge in [-0.2, -0.15) is 0 Å². The fraction of sp³-hybridized carbons (Fsp3) is 0.0455. The molecule has 1 heterocycles. The van der Waals surface area contributed by atoms with Crippen molar-refractivity contribution in [3.05, 3.63) is 90.6 Å². The Bertz CT molecular complexity index is 1260. The predicted octanol–water partition coefficient (Wildman–Crippen LogP) is 4.33. The van der Waals surface area contributed by atoms with E-state index in [1.807, 2.05) is 36.4 Å². The monoisotopic (exact) mass is 391 g/mol. The van der Waals surface area contributed by atoms with E-state index in [0.717, 1.165) is 15.1 Å². The third-order valence-electron chi connectivity index (χ3n) is 4.59. The van der Waals surface area contributed by atoms with Gasteiger partial charge in [-0.25, -0.2) is 17.2 Å². The molecule has 0 aliphatic heterocycles. The number of rotatable bonds is 4. The first-order chi connectivity index (χ1) is 13.5. The highest BCUT2D eigenvalue weighted by Gasteiger charge is 2.25. The van der Waals surface area contributed by atoms with Crippen LogP contribution in [0.2, 0.25) is 0 Å². The summed E-state index contributed by atoms with van der Waals surface area (Å²) in [4.78, 5) is 12.6. The lowest BCUT2D eigenvalue weighted by atomic mass is 9.99. The number of benzene rings is 3. The van der Waals surface area contributed by atoms with Crippen LogP contribution < -0.4 is 0 Å². The largest absolute Gasteiger partial charge is 0.465 e. The maximum Gasteiger partial charge on any atom is 0.340 e. The van der Waals surface area contributed by atoms with Crippen LogP contribution in [-0.4, -0.2) is 25.5 Å². The van der Waals surface area contributed by atoms with Gasteiger partial charge in [0.05, 0.1) is 23.1 Å². The fourth-order valence-electron chi connectivity index (χ4n) is 3.29. The van der Waals surface area contributed by atoms with Crippen molar-refractivity contribution in [3.8, 4) is 11.1 Å². The first kappa shape index (κ1) is 18.0. The van der Waals surface area contributed by atoms with Gasteiger partial charge in [0.25, 0.3) is 10.0 Å². The summed E-state index contributed by atoms with van der Waals surface area (Å²) < 4.78 is 32.5. The molecule has 6 heteroatoms. The lowest BCUT2D eigenvalue weighted by molar-refractivity contribution is 0.0603. The van der Waals surface area contributed by atoms with Crippen LogP contribution in [0.5, 0.6) is 0 Å². The summed E-state index contributed by atoms with van der Waals surface area (Å²) >= 11 is 0. The maximum absolute atomic E-state index is 13.2. The van der Waals surface area contributed by atoms with Crippen LogP contribution in [0.1, 0.15) is 10.4 Å². The summed E-state index contributed by atoms with van der Waals surface area (Å²) in [6.45, 7) is 0. The van der Waals surface area contributed by atoms with Crippen LogP contribution in [-0.2, 0) is 14.8 Å². The molecule has 0 amide bonds. The van der Waals surface area contributed by atoms with Gasteiger partial charge in [0.2, 0.25) is 0 Å². The molecule has 0 saturated heterocycles. The topological polar surface area (TPSA) is 65.4 Å². The van der Waals surface area contributed by atoms with Gasteiger partial charge in [-0.15, -0.1) is 0 Å². The fourth-order valence-corrected chi connectivity index (χ4v) is 4.67. The zero-order valence-electron chi connectivity index (χ0n) is 15.1. The van der Waals surface area contributed by atoms with Crippen molar-refractivity contribution < 1.29 is 17.9 Å². The second-order valence-electron chi connectivity index (χ2n) is 6.21. The van der Waals surface area contributed by atoms with Gasteiger partial charge in [0.15, 0.2) is 0 Å². The molecule has 5 nitrogen and oxygen atoms in total. The van der Waals surface area contributed by atoms with Crippen molar-refractivity contribution in [2.24, 2.45) is 0 Å². The van der Waals surface area contributed by atoms with Crippen molar-refractivity contribution in [2.75, 3.05) is 7.11 Å². The Balaban J connectivity index is 2.07. The minimum absolute atomic E-state index is 0.147.